The Morgan fingerprint density at radius 2 is 1.76 bits per heavy atom. The van der Waals surface area contributed by atoms with Crippen LogP contribution < -0.4 is 5.32 Å². The van der Waals surface area contributed by atoms with E-state index in [1.807, 2.05) is 13.0 Å². The largest absolute Gasteiger partial charge is 0.508 e. The molecule has 0 radical (unpaired) electrons. The standard InChI is InChI=1S/C16H16F3NO/c1-11(9-12-3-2-4-15(21)10-12)20-14-7-5-13(6-8-14)16(17,18)19/h2-8,10-11,20-21H,9H2,1H3/t11-/m1/s1. The van der Waals surface area contributed by atoms with Crippen LogP contribution in [0.15, 0.2) is 48.5 Å². The Hall–Kier alpha value is -2.17. The van der Waals surface area contributed by atoms with Crippen molar-refractivity contribution in [3.63, 3.8) is 0 Å². The fraction of sp³-hybridized carbons (Fsp3) is 0.250. The summed E-state index contributed by atoms with van der Waals surface area (Å²) in [4.78, 5) is 0. The Morgan fingerprint density at radius 1 is 1.10 bits per heavy atom. The number of nitrogens with one attached hydrogen (secondary N) is 1. The third kappa shape index (κ3) is 4.41. The number of aromatic hydroxyl groups is 1. The molecule has 0 unspecified atom stereocenters. The normalized spacial score (nSPS) is 13.0. The van der Waals surface area contributed by atoms with E-state index in [4.69, 9.17) is 0 Å². The molecule has 2 nitrogen and oxygen atoms in total. The van der Waals surface area contributed by atoms with Gasteiger partial charge in [0.2, 0.25) is 0 Å². The van der Waals surface area contributed by atoms with E-state index < -0.39 is 11.7 Å². The van der Waals surface area contributed by atoms with Crippen molar-refractivity contribution in [2.24, 2.45) is 0 Å². The van der Waals surface area contributed by atoms with Crippen LogP contribution in [0.25, 0.3) is 0 Å². The molecule has 5 heteroatoms. The molecular formula is C16H16F3NO. The van der Waals surface area contributed by atoms with Gasteiger partial charge in [-0.2, -0.15) is 13.2 Å². The van der Waals surface area contributed by atoms with Gasteiger partial charge in [-0.15, -0.1) is 0 Å². The molecule has 0 amide bonds. The van der Waals surface area contributed by atoms with Crippen molar-refractivity contribution in [2.45, 2.75) is 25.6 Å². The molecule has 0 aliphatic heterocycles. The highest BCUT2D eigenvalue weighted by Gasteiger charge is 2.29. The first-order chi connectivity index (χ1) is 9.84. The van der Waals surface area contributed by atoms with Gasteiger partial charge in [0.25, 0.3) is 0 Å². The minimum absolute atomic E-state index is 0.0311. The third-order valence-electron chi connectivity index (χ3n) is 3.08. The summed E-state index contributed by atoms with van der Waals surface area (Å²) in [7, 11) is 0. The van der Waals surface area contributed by atoms with Gasteiger partial charge in [-0.1, -0.05) is 12.1 Å². The van der Waals surface area contributed by atoms with Crippen LogP contribution in [0.4, 0.5) is 18.9 Å². The van der Waals surface area contributed by atoms with E-state index >= 15 is 0 Å². The lowest BCUT2D eigenvalue weighted by molar-refractivity contribution is -0.137. The Labute approximate surface area is 121 Å². The Balaban J connectivity index is 1.98. The highest BCUT2D eigenvalue weighted by atomic mass is 19.4. The number of halogens is 3. The van der Waals surface area contributed by atoms with Crippen LogP contribution in [0.5, 0.6) is 5.75 Å². The van der Waals surface area contributed by atoms with E-state index in [0.717, 1.165) is 17.7 Å². The molecule has 0 aromatic heterocycles. The molecule has 0 bridgehead atoms. The van der Waals surface area contributed by atoms with Crippen molar-refractivity contribution in [2.75, 3.05) is 5.32 Å². The molecular weight excluding hydrogens is 279 g/mol. The molecule has 1 atom stereocenters. The molecule has 2 aromatic carbocycles. The predicted octanol–water partition coefficient (Wildman–Crippen LogP) is 4.45. The van der Waals surface area contributed by atoms with Crippen LogP contribution in [-0.4, -0.2) is 11.1 Å². The number of hydrogen-bond donors (Lipinski definition) is 2. The maximum atomic E-state index is 12.5. The maximum Gasteiger partial charge on any atom is 0.416 e. The average Bonchev–Trinajstić information content (AvgIpc) is 2.38. The van der Waals surface area contributed by atoms with Crippen molar-refractivity contribution in [1.82, 2.24) is 0 Å². The van der Waals surface area contributed by atoms with Crippen molar-refractivity contribution < 1.29 is 18.3 Å². The Kier molecular flexibility index (Phi) is 4.40. The van der Waals surface area contributed by atoms with Crippen molar-refractivity contribution in [1.29, 1.82) is 0 Å². The molecule has 0 heterocycles. The minimum atomic E-state index is -4.31. The fourth-order valence-corrected chi connectivity index (χ4v) is 2.13. The molecule has 0 saturated heterocycles. The molecule has 0 aliphatic carbocycles. The van der Waals surface area contributed by atoms with E-state index in [1.165, 1.54) is 12.1 Å². The highest BCUT2D eigenvalue weighted by Crippen LogP contribution is 2.30. The van der Waals surface area contributed by atoms with Crippen LogP contribution in [-0.2, 0) is 12.6 Å². The predicted molar refractivity (Wildman–Crippen MR) is 76.3 cm³/mol. The highest BCUT2D eigenvalue weighted by molar-refractivity contribution is 5.46. The van der Waals surface area contributed by atoms with Gasteiger partial charge in [-0.25, -0.2) is 0 Å². The number of alkyl halides is 3. The third-order valence-corrected chi connectivity index (χ3v) is 3.08. The Morgan fingerprint density at radius 3 is 2.33 bits per heavy atom. The van der Waals surface area contributed by atoms with Crippen LogP contribution in [0.1, 0.15) is 18.1 Å². The zero-order valence-corrected chi connectivity index (χ0v) is 11.5. The molecule has 21 heavy (non-hydrogen) atoms. The van der Waals surface area contributed by atoms with Crippen molar-refractivity contribution in [3.05, 3.63) is 59.7 Å². The van der Waals surface area contributed by atoms with Crippen molar-refractivity contribution in [3.8, 4) is 5.75 Å². The van der Waals surface area contributed by atoms with Gasteiger partial charge < -0.3 is 10.4 Å². The minimum Gasteiger partial charge on any atom is -0.508 e. The van der Waals surface area contributed by atoms with Gasteiger partial charge >= 0.3 is 6.18 Å². The van der Waals surface area contributed by atoms with Gasteiger partial charge in [0.15, 0.2) is 0 Å². The van der Waals surface area contributed by atoms with Crippen LogP contribution in [0, 0.1) is 0 Å². The molecule has 2 rings (SSSR count). The Bertz CT molecular complexity index is 593. The first-order valence-electron chi connectivity index (χ1n) is 6.56. The van der Waals surface area contributed by atoms with Crippen LogP contribution in [0.3, 0.4) is 0 Å². The number of phenolic OH excluding ortho intramolecular Hbond substituents is 1. The second-order valence-corrected chi connectivity index (χ2v) is 4.99. The smallest absolute Gasteiger partial charge is 0.416 e. The summed E-state index contributed by atoms with van der Waals surface area (Å²) in [6, 6.07) is 11.9. The summed E-state index contributed by atoms with van der Waals surface area (Å²) in [5.74, 6) is 0.203. The van der Waals surface area contributed by atoms with Gasteiger partial charge in [0.05, 0.1) is 5.56 Å². The quantitative estimate of drug-likeness (QED) is 0.873. The molecule has 2 aromatic rings. The average molecular weight is 295 g/mol. The first-order valence-corrected chi connectivity index (χ1v) is 6.56. The van der Waals surface area contributed by atoms with E-state index in [9.17, 15) is 18.3 Å². The molecule has 0 spiro atoms. The van der Waals surface area contributed by atoms with Crippen molar-refractivity contribution >= 4 is 5.69 Å². The van der Waals surface area contributed by atoms with Gasteiger partial charge in [0, 0.05) is 11.7 Å². The second-order valence-electron chi connectivity index (χ2n) is 4.99. The van der Waals surface area contributed by atoms with E-state index in [1.54, 1.807) is 18.2 Å². The zero-order valence-electron chi connectivity index (χ0n) is 11.5. The number of rotatable bonds is 4. The number of anilines is 1. The maximum absolute atomic E-state index is 12.5. The molecule has 2 N–H and O–H groups in total. The molecule has 0 saturated carbocycles. The van der Waals surface area contributed by atoms with Gasteiger partial charge in [-0.05, 0) is 55.3 Å². The lowest BCUT2D eigenvalue weighted by Crippen LogP contribution is -2.18. The monoisotopic (exact) mass is 295 g/mol. The van der Waals surface area contributed by atoms with E-state index in [0.29, 0.717) is 12.1 Å². The molecule has 0 aliphatic rings. The van der Waals surface area contributed by atoms with Crippen LogP contribution in [0.2, 0.25) is 0 Å². The summed E-state index contributed by atoms with van der Waals surface area (Å²) >= 11 is 0. The summed E-state index contributed by atoms with van der Waals surface area (Å²) in [5.41, 5.74) is 0.936. The second kappa shape index (κ2) is 6.08. The number of hydrogen-bond acceptors (Lipinski definition) is 2. The number of phenols is 1. The summed E-state index contributed by atoms with van der Waals surface area (Å²) in [5, 5.41) is 12.5. The fourth-order valence-electron chi connectivity index (χ4n) is 2.13. The summed E-state index contributed by atoms with van der Waals surface area (Å²) in [6.45, 7) is 1.93. The summed E-state index contributed by atoms with van der Waals surface area (Å²) < 4.78 is 37.4. The summed E-state index contributed by atoms with van der Waals surface area (Å²) in [6.07, 6.45) is -3.65. The van der Waals surface area contributed by atoms with E-state index in [-0.39, 0.29) is 11.8 Å². The SMILES string of the molecule is C[C@H](Cc1cccc(O)c1)Nc1ccc(C(F)(F)F)cc1. The van der Waals surface area contributed by atoms with Gasteiger partial charge in [0.1, 0.15) is 5.75 Å². The van der Waals surface area contributed by atoms with Crippen LogP contribution >= 0.6 is 0 Å². The number of benzene rings is 2. The molecule has 112 valence electrons. The van der Waals surface area contributed by atoms with E-state index in [2.05, 4.69) is 5.32 Å². The zero-order chi connectivity index (χ0) is 15.5. The van der Waals surface area contributed by atoms with Gasteiger partial charge in [-0.3, -0.25) is 0 Å². The lowest BCUT2D eigenvalue weighted by atomic mass is 10.1. The molecule has 0 fully saturated rings. The first kappa shape index (κ1) is 15.2. The lowest BCUT2D eigenvalue weighted by Gasteiger charge is -2.16. The topological polar surface area (TPSA) is 32.3 Å².